The van der Waals surface area contributed by atoms with Crippen LogP contribution in [0.3, 0.4) is 0 Å². The van der Waals surface area contributed by atoms with Gasteiger partial charge in [-0.1, -0.05) is 13.8 Å². The second kappa shape index (κ2) is 5.34. The highest BCUT2D eigenvalue weighted by Crippen LogP contribution is 2.42. The molecule has 21 heavy (non-hydrogen) atoms. The van der Waals surface area contributed by atoms with Crippen molar-refractivity contribution in [3.05, 3.63) is 41.1 Å². The van der Waals surface area contributed by atoms with Crippen LogP contribution < -0.4 is 5.32 Å². The Morgan fingerprint density at radius 3 is 3.05 bits per heavy atom. The molecule has 0 radical (unpaired) electrons. The van der Waals surface area contributed by atoms with Crippen LogP contribution in [0.15, 0.2) is 22.7 Å². The molecule has 0 aliphatic heterocycles. The summed E-state index contributed by atoms with van der Waals surface area (Å²) < 4.78 is 7.94. The average Bonchev–Trinajstić information content (AvgIpc) is 2.99. The zero-order chi connectivity index (χ0) is 15.0. The van der Waals surface area contributed by atoms with Crippen LogP contribution in [0.4, 0.5) is 0 Å². The number of aryl methyl sites for hydroxylation is 2. The molecule has 0 amide bonds. The molecule has 4 nitrogen and oxygen atoms in total. The molecule has 0 saturated heterocycles. The lowest BCUT2D eigenvalue weighted by molar-refractivity contribution is 0.233. The van der Waals surface area contributed by atoms with E-state index in [0.29, 0.717) is 6.04 Å². The molecule has 2 aromatic heterocycles. The third kappa shape index (κ3) is 2.91. The van der Waals surface area contributed by atoms with Crippen LogP contribution in [0.1, 0.15) is 56.0 Å². The minimum absolute atomic E-state index is 0.278. The highest BCUT2D eigenvalue weighted by atomic mass is 16.3. The number of nitrogens with zero attached hydrogens (tertiary/aromatic N) is 2. The first-order valence-corrected chi connectivity index (χ1v) is 7.82. The fourth-order valence-electron chi connectivity index (χ4n) is 3.39. The van der Waals surface area contributed by atoms with Gasteiger partial charge in [0, 0.05) is 37.3 Å². The quantitative estimate of drug-likeness (QED) is 0.934. The Kier molecular flexibility index (Phi) is 3.66. The summed E-state index contributed by atoms with van der Waals surface area (Å²) in [6, 6.07) is 4.65. The summed E-state index contributed by atoms with van der Waals surface area (Å²) in [5, 5.41) is 8.04. The van der Waals surface area contributed by atoms with Crippen molar-refractivity contribution in [3.8, 4) is 0 Å². The van der Waals surface area contributed by atoms with Crippen molar-refractivity contribution in [1.29, 1.82) is 0 Å². The van der Waals surface area contributed by atoms with Gasteiger partial charge in [-0.3, -0.25) is 4.68 Å². The average molecular weight is 287 g/mol. The van der Waals surface area contributed by atoms with Gasteiger partial charge < -0.3 is 9.73 Å². The number of aromatic nitrogens is 2. The second-order valence-corrected chi connectivity index (χ2v) is 6.85. The zero-order valence-electron chi connectivity index (χ0n) is 13.4. The van der Waals surface area contributed by atoms with Crippen LogP contribution in [-0.4, -0.2) is 9.78 Å². The minimum atomic E-state index is 0.278. The molecule has 0 saturated carbocycles. The lowest BCUT2D eigenvalue weighted by Crippen LogP contribution is -2.32. The number of fused-ring (bicyclic) bond motifs is 1. The Hall–Kier alpha value is -1.55. The van der Waals surface area contributed by atoms with Crippen LogP contribution in [0.5, 0.6) is 0 Å². The normalized spacial score (nSPS) is 20.5. The van der Waals surface area contributed by atoms with E-state index in [4.69, 9.17) is 4.42 Å². The number of furan rings is 1. The first kappa shape index (κ1) is 14.4. The molecule has 4 heteroatoms. The van der Waals surface area contributed by atoms with E-state index in [-0.39, 0.29) is 5.41 Å². The molecule has 1 aliphatic rings. The van der Waals surface area contributed by atoms with Gasteiger partial charge in [-0.05, 0) is 37.8 Å². The molecule has 0 fully saturated rings. The lowest BCUT2D eigenvalue weighted by Gasteiger charge is -2.34. The topological polar surface area (TPSA) is 43.0 Å². The SMILES string of the molecule is CCn1nccc1CNC1CC(C)(C)Cc2oc(C)cc21. The zero-order valence-corrected chi connectivity index (χ0v) is 13.4. The highest BCUT2D eigenvalue weighted by Gasteiger charge is 2.34. The van der Waals surface area contributed by atoms with Gasteiger partial charge in [0.05, 0.1) is 5.69 Å². The largest absolute Gasteiger partial charge is 0.466 e. The van der Waals surface area contributed by atoms with E-state index in [2.05, 4.69) is 43.3 Å². The number of hydrogen-bond acceptors (Lipinski definition) is 3. The Morgan fingerprint density at radius 1 is 1.48 bits per heavy atom. The predicted molar refractivity (Wildman–Crippen MR) is 83.0 cm³/mol. The second-order valence-electron chi connectivity index (χ2n) is 6.85. The maximum absolute atomic E-state index is 5.90. The monoisotopic (exact) mass is 287 g/mol. The predicted octanol–water partition coefficient (Wildman–Crippen LogP) is 3.61. The fourth-order valence-corrected chi connectivity index (χ4v) is 3.39. The number of nitrogens with one attached hydrogen (secondary N) is 1. The Labute approximate surface area is 126 Å². The molecule has 0 aromatic carbocycles. The van der Waals surface area contributed by atoms with Crippen molar-refractivity contribution in [2.45, 2.75) is 59.7 Å². The van der Waals surface area contributed by atoms with Gasteiger partial charge in [-0.15, -0.1) is 0 Å². The van der Waals surface area contributed by atoms with Crippen molar-refractivity contribution >= 4 is 0 Å². The molecule has 0 spiro atoms. The standard InChI is InChI=1S/C17H25N3O/c1-5-20-13(6-7-19-20)11-18-15-9-17(3,4)10-16-14(15)8-12(2)21-16/h6-8,15,18H,5,9-11H2,1-4H3. The van der Waals surface area contributed by atoms with Crippen molar-refractivity contribution in [2.75, 3.05) is 0 Å². The maximum atomic E-state index is 5.90. The minimum Gasteiger partial charge on any atom is -0.466 e. The summed E-state index contributed by atoms with van der Waals surface area (Å²) in [6.07, 6.45) is 4.04. The molecule has 1 N–H and O–H groups in total. The van der Waals surface area contributed by atoms with E-state index in [1.807, 2.05) is 17.8 Å². The first-order chi connectivity index (χ1) is 9.98. The van der Waals surface area contributed by atoms with Crippen molar-refractivity contribution in [3.63, 3.8) is 0 Å². The number of hydrogen-bond donors (Lipinski definition) is 1. The Balaban J connectivity index is 1.78. The number of rotatable bonds is 4. The van der Waals surface area contributed by atoms with E-state index in [9.17, 15) is 0 Å². The first-order valence-electron chi connectivity index (χ1n) is 7.82. The van der Waals surface area contributed by atoms with Gasteiger partial charge in [0.1, 0.15) is 11.5 Å². The Morgan fingerprint density at radius 2 is 2.29 bits per heavy atom. The van der Waals surface area contributed by atoms with Crippen molar-refractivity contribution < 1.29 is 4.42 Å². The van der Waals surface area contributed by atoms with Crippen LogP contribution >= 0.6 is 0 Å². The van der Waals surface area contributed by atoms with Crippen molar-refractivity contribution in [1.82, 2.24) is 15.1 Å². The van der Waals surface area contributed by atoms with Crippen LogP contribution in [0, 0.1) is 12.3 Å². The van der Waals surface area contributed by atoms with Crippen LogP contribution in [0.25, 0.3) is 0 Å². The maximum Gasteiger partial charge on any atom is 0.109 e. The van der Waals surface area contributed by atoms with Gasteiger partial charge in [0.2, 0.25) is 0 Å². The van der Waals surface area contributed by atoms with Gasteiger partial charge >= 0.3 is 0 Å². The summed E-state index contributed by atoms with van der Waals surface area (Å²) in [6.45, 7) is 10.6. The van der Waals surface area contributed by atoms with Crippen molar-refractivity contribution in [2.24, 2.45) is 5.41 Å². The molecule has 2 heterocycles. The molecule has 2 aromatic rings. The summed E-state index contributed by atoms with van der Waals surface area (Å²) in [5.74, 6) is 2.17. The van der Waals surface area contributed by atoms with E-state index < -0.39 is 0 Å². The molecule has 0 bridgehead atoms. The summed E-state index contributed by atoms with van der Waals surface area (Å²) in [7, 11) is 0. The third-order valence-electron chi connectivity index (χ3n) is 4.37. The van der Waals surface area contributed by atoms with Gasteiger partial charge in [0.25, 0.3) is 0 Å². The molecule has 1 aliphatic carbocycles. The summed E-state index contributed by atoms with van der Waals surface area (Å²) in [5.41, 5.74) is 2.86. The van der Waals surface area contributed by atoms with E-state index in [0.717, 1.165) is 37.5 Å². The lowest BCUT2D eigenvalue weighted by atomic mass is 9.74. The molecule has 3 rings (SSSR count). The van der Waals surface area contributed by atoms with Gasteiger partial charge in [0.15, 0.2) is 0 Å². The highest BCUT2D eigenvalue weighted by molar-refractivity contribution is 5.29. The van der Waals surface area contributed by atoms with Crippen LogP contribution in [-0.2, 0) is 19.5 Å². The smallest absolute Gasteiger partial charge is 0.109 e. The summed E-state index contributed by atoms with van der Waals surface area (Å²) >= 11 is 0. The van der Waals surface area contributed by atoms with Gasteiger partial charge in [-0.25, -0.2) is 0 Å². The van der Waals surface area contributed by atoms with Crippen LogP contribution in [0.2, 0.25) is 0 Å². The molecule has 1 unspecified atom stereocenters. The fraction of sp³-hybridized carbons (Fsp3) is 0.588. The molecular formula is C17H25N3O. The van der Waals surface area contributed by atoms with E-state index in [1.54, 1.807) is 0 Å². The third-order valence-corrected chi connectivity index (χ3v) is 4.37. The summed E-state index contributed by atoms with van der Waals surface area (Å²) in [4.78, 5) is 0. The molecule has 114 valence electrons. The van der Waals surface area contributed by atoms with E-state index in [1.165, 1.54) is 11.3 Å². The molecule has 1 atom stereocenters. The Bertz CT molecular complexity index is 624. The molecular weight excluding hydrogens is 262 g/mol. The van der Waals surface area contributed by atoms with Gasteiger partial charge in [-0.2, -0.15) is 5.10 Å². The van der Waals surface area contributed by atoms with E-state index >= 15 is 0 Å².